The summed E-state index contributed by atoms with van der Waals surface area (Å²) in [5.74, 6) is 0.0861. The number of para-hydroxylation sites is 1. The smallest absolute Gasteiger partial charge is 0.328 e. The molecule has 0 atom stereocenters. The van der Waals surface area contributed by atoms with Crippen LogP contribution in [0.15, 0.2) is 35.8 Å². The first-order chi connectivity index (χ1) is 8.97. The van der Waals surface area contributed by atoms with E-state index < -0.39 is 0 Å². The number of benzene rings is 1. The molecule has 0 aliphatic rings. The Kier molecular flexibility index (Phi) is 5.11. The molecule has 0 fully saturated rings. The highest BCUT2D eigenvalue weighted by Gasteiger charge is 2.15. The Hall–Kier alpha value is -2.30. The van der Waals surface area contributed by atoms with Gasteiger partial charge in [0.25, 0.3) is 0 Å². The molecular formula is C14H20N4O. The molecule has 0 bridgehead atoms. The number of rotatable bonds is 3. The maximum atomic E-state index is 12.0. The highest BCUT2D eigenvalue weighted by atomic mass is 16.2. The Labute approximate surface area is 113 Å². The van der Waals surface area contributed by atoms with Crippen LogP contribution in [0.3, 0.4) is 0 Å². The Morgan fingerprint density at radius 2 is 2.05 bits per heavy atom. The largest absolute Gasteiger partial charge is 0.370 e. The molecule has 0 saturated heterocycles. The molecule has 5 heteroatoms. The first-order valence-corrected chi connectivity index (χ1v) is 5.99. The summed E-state index contributed by atoms with van der Waals surface area (Å²) < 4.78 is 0. The van der Waals surface area contributed by atoms with Crippen molar-refractivity contribution in [3.8, 4) is 0 Å². The Morgan fingerprint density at radius 3 is 2.58 bits per heavy atom. The Balaban J connectivity index is 2.86. The lowest BCUT2D eigenvalue weighted by Gasteiger charge is -2.21. The number of hydrogen-bond acceptors (Lipinski definition) is 2. The van der Waals surface area contributed by atoms with Gasteiger partial charge in [0.15, 0.2) is 5.96 Å². The average Bonchev–Trinajstić information content (AvgIpc) is 2.35. The molecule has 1 aromatic rings. The summed E-state index contributed by atoms with van der Waals surface area (Å²) in [5.41, 5.74) is 8.52. The summed E-state index contributed by atoms with van der Waals surface area (Å²) in [5, 5.41) is 2.53. The molecule has 0 unspecified atom stereocenters. The van der Waals surface area contributed by atoms with Crippen LogP contribution in [0.4, 0.5) is 10.5 Å². The Morgan fingerprint density at radius 1 is 1.47 bits per heavy atom. The van der Waals surface area contributed by atoms with Gasteiger partial charge in [0.2, 0.25) is 0 Å². The van der Waals surface area contributed by atoms with Gasteiger partial charge in [0.1, 0.15) is 0 Å². The minimum absolute atomic E-state index is 0.0861. The topological polar surface area (TPSA) is 70.7 Å². The molecule has 2 amide bonds. The third-order valence-electron chi connectivity index (χ3n) is 2.71. The zero-order valence-corrected chi connectivity index (χ0v) is 11.6. The van der Waals surface area contributed by atoms with Gasteiger partial charge in [-0.3, -0.25) is 10.2 Å². The van der Waals surface area contributed by atoms with E-state index >= 15 is 0 Å². The van der Waals surface area contributed by atoms with E-state index in [0.29, 0.717) is 6.54 Å². The predicted molar refractivity (Wildman–Crippen MR) is 79.5 cm³/mol. The number of hydrogen-bond donors (Lipinski definition) is 2. The van der Waals surface area contributed by atoms with Crippen molar-refractivity contribution in [2.45, 2.75) is 13.8 Å². The van der Waals surface area contributed by atoms with Crippen LogP contribution in [0.5, 0.6) is 0 Å². The van der Waals surface area contributed by atoms with Crippen molar-refractivity contribution in [3.63, 3.8) is 0 Å². The number of anilines is 1. The van der Waals surface area contributed by atoms with E-state index in [2.05, 4.69) is 16.9 Å². The number of urea groups is 1. The van der Waals surface area contributed by atoms with Crippen LogP contribution in [0.25, 0.3) is 0 Å². The molecule has 19 heavy (non-hydrogen) atoms. The van der Waals surface area contributed by atoms with Crippen molar-refractivity contribution in [1.29, 1.82) is 0 Å². The van der Waals surface area contributed by atoms with E-state index in [1.165, 1.54) is 4.90 Å². The average molecular weight is 260 g/mol. The minimum atomic E-state index is -0.317. The first kappa shape index (κ1) is 14.8. The zero-order chi connectivity index (χ0) is 14.4. The number of nitrogens with two attached hydrogens (primary N) is 1. The molecule has 5 nitrogen and oxygen atoms in total. The lowest BCUT2D eigenvalue weighted by Crippen LogP contribution is -2.44. The maximum Gasteiger partial charge on any atom is 0.328 e. The molecule has 102 valence electrons. The van der Waals surface area contributed by atoms with E-state index in [1.54, 1.807) is 13.1 Å². The van der Waals surface area contributed by atoms with E-state index in [-0.39, 0.29) is 12.0 Å². The van der Waals surface area contributed by atoms with Gasteiger partial charge in [-0.15, -0.1) is 6.58 Å². The van der Waals surface area contributed by atoms with Crippen molar-refractivity contribution in [2.75, 3.05) is 18.5 Å². The molecule has 0 aromatic heterocycles. The third-order valence-corrected chi connectivity index (χ3v) is 2.71. The van der Waals surface area contributed by atoms with E-state index in [9.17, 15) is 4.79 Å². The summed E-state index contributed by atoms with van der Waals surface area (Å²) in [6.07, 6.45) is 1.61. The summed E-state index contributed by atoms with van der Waals surface area (Å²) in [6.45, 7) is 7.83. The summed E-state index contributed by atoms with van der Waals surface area (Å²) in [6, 6.07) is 5.56. The molecule has 0 spiro atoms. The van der Waals surface area contributed by atoms with Gasteiger partial charge in [-0.05, 0) is 25.0 Å². The molecule has 0 saturated carbocycles. The van der Waals surface area contributed by atoms with Crippen LogP contribution in [0, 0.1) is 13.8 Å². The van der Waals surface area contributed by atoms with Crippen molar-refractivity contribution in [2.24, 2.45) is 10.7 Å². The Bertz CT molecular complexity index is 488. The predicted octanol–water partition coefficient (Wildman–Crippen LogP) is 1.95. The van der Waals surface area contributed by atoms with E-state index in [4.69, 9.17) is 5.73 Å². The number of aliphatic imine (C=N–C) groups is 1. The summed E-state index contributed by atoms with van der Waals surface area (Å²) in [4.78, 5) is 17.5. The van der Waals surface area contributed by atoms with Crippen LogP contribution >= 0.6 is 0 Å². The fourth-order valence-electron chi connectivity index (χ4n) is 1.83. The standard InChI is InChI=1S/C14H20N4O/c1-5-9-16-13(15)17-14(19)18(4)12-10(2)7-6-8-11(12)3/h5-8H,1,9H2,2-4H3,(H3,15,16,17,19). The van der Waals surface area contributed by atoms with Crippen molar-refractivity contribution in [1.82, 2.24) is 5.32 Å². The van der Waals surface area contributed by atoms with E-state index in [0.717, 1.165) is 16.8 Å². The van der Waals surface area contributed by atoms with Crippen molar-refractivity contribution >= 4 is 17.7 Å². The summed E-state index contributed by atoms with van der Waals surface area (Å²) in [7, 11) is 1.70. The molecule has 3 N–H and O–H groups in total. The lowest BCUT2D eigenvalue weighted by atomic mass is 10.1. The molecule has 0 aliphatic heterocycles. The fraction of sp³-hybridized carbons (Fsp3) is 0.286. The van der Waals surface area contributed by atoms with Gasteiger partial charge >= 0.3 is 6.03 Å². The zero-order valence-electron chi connectivity index (χ0n) is 11.6. The van der Waals surface area contributed by atoms with Gasteiger partial charge in [-0.25, -0.2) is 9.79 Å². The monoisotopic (exact) mass is 260 g/mol. The fourth-order valence-corrected chi connectivity index (χ4v) is 1.83. The molecule has 1 rings (SSSR count). The van der Waals surface area contributed by atoms with Crippen LogP contribution in [0.2, 0.25) is 0 Å². The highest BCUT2D eigenvalue weighted by Crippen LogP contribution is 2.23. The van der Waals surface area contributed by atoms with Gasteiger partial charge < -0.3 is 5.73 Å². The second-order valence-corrected chi connectivity index (χ2v) is 4.24. The van der Waals surface area contributed by atoms with Gasteiger partial charge in [-0.2, -0.15) is 0 Å². The number of carbonyl (C=O) groups is 1. The number of nitrogens with one attached hydrogen (secondary N) is 1. The highest BCUT2D eigenvalue weighted by molar-refractivity contribution is 6.03. The summed E-state index contributed by atoms with van der Waals surface area (Å²) >= 11 is 0. The number of carbonyl (C=O) groups excluding carboxylic acids is 1. The van der Waals surface area contributed by atoms with Gasteiger partial charge in [0, 0.05) is 7.05 Å². The number of amides is 2. The van der Waals surface area contributed by atoms with Crippen LogP contribution < -0.4 is 16.0 Å². The maximum absolute atomic E-state index is 12.0. The van der Waals surface area contributed by atoms with Crippen molar-refractivity contribution < 1.29 is 4.79 Å². The molecule has 0 aliphatic carbocycles. The van der Waals surface area contributed by atoms with Crippen LogP contribution in [-0.2, 0) is 0 Å². The second-order valence-electron chi connectivity index (χ2n) is 4.24. The lowest BCUT2D eigenvalue weighted by molar-refractivity contribution is 0.251. The third kappa shape index (κ3) is 3.84. The quantitative estimate of drug-likeness (QED) is 0.495. The minimum Gasteiger partial charge on any atom is -0.370 e. The number of aryl methyl sites for hydroxylation is 2. The normalized spacial score (nSPS) is 11.0. The first-order valence-electron chi connectivity index (χ1n) is 5.99. The molecule has 0 heterocycles. The number of nitrogens with zero attached hydrogens (tertiary/aromatic N) is 2. The van der Waals surface area contributed by atoms with Gasteiger partial charge in [0.05, 0.1) is 12.2 Å². The van der Waals surface area contributed by atoms with Crippen molar-refractivity contribution in [3.05, 3.63) is 42.0 Å². The van der Waals surface area contributed by atoms with E-state index in [1.807, 2.05) is 32.0 Å². The second kappa shape index (κ2) is 6.58. The molecule has 1 aromatic carbocycles. The molecule has 0 radical (unpaired) electrons. The van der Waals surface area contributed by atoms with Gasteiger partial charge in [-0.1, -0.05) is 24.3 Å². The SMILES string of the molecule is C=CCN=C(N)NC(=O)N(C)c1c(C)cccc1C. The molecular weight excluding hydrogens is 240 g/mol. The van der Waals surface area contributed by atoms with Crippen LogP contribution in [0.1, 0.15) is 11.1 Å². The van der Waals surface area contributed by atoms with Crippen LogP contribution in [-0.4, -0.2) is 25.6 Å². The number of guanidine groups is 1.